The van der Waals surface area contributed by atoms with Gasteiger partial charge in [0.15, 0.2) is 0 Å². The smallest absolute Gasteiger partial charge is 0.121 e. The van der Waals surface area contributed by atoms with Crippen LogP contribution in [-0.2, 0) is 11.2 Å². The van der Waals surface area contributed by atoms with Crippen LogP contribution >= 0.6 is 0 Å². The van der Waals surface area contributed by atoms with Crippen molar-refractivity contribution >= 4 is 0 Å². The molecule has 0 N–H and O–H groups in total. The van der Waals surface area contributed by atoms with Crippen molar-refractivity contribution in [1.82, 2.24) is 0 Å². The van der Waals surface area contributed by atoms with Gasteiger partial charge in [-0.3, -0.25) is 0 Å². The average molecular weight is 254 g/mol. The van der Waals surface area contributed by atoms with Crippen molar-refractivity contribution in [3.05, 3.63) is 64.7 Å². The van der Waals surface area contributed by atoms with E-state index < -0.39 is 0 Å². The Bertz CT molecular complexity index is 590. The Labute approximate surface area is 114 Å². The molecule has 1 aliphatic rings. The number of ether oxygens (including phenoxy) is 2. The first kappa shape index (κ1) is 12.2. The summed E-state index contributed by atoms with van der Waals surface area (Å²) in [7, 11) is 1.70. The van der Waals surface area contributed by atoms with Crippen LogP contribution in [0.15, 0.2) is 42.5 Å². The molecule has 1 unspecified atom stereocenters. The highest BCUT2D eigenvalue weighted by molar-refractivity contribution is 5.42. The van der Waals surface area contributed by atoms with Crippen LogP contribution in [0.25, 0.3) is 0 Å². The standard InChI is InChI=1S/C17H18O2/c1-12-11-14(7-8-16(12)18-2)17-15-6-4-3-5-13(15)9-10-19-17/h3-8,11,17H,9-10H2,1-2H3. The molecule has 19 heavy (non-hydrogen) atoms. The van der Waals surface area contributed by atoms with E-state index in [1.807, 2.05) is 6.07 Å². The number of hydrogen-bond acceptors (Lipinski definition) is 2. The third kappa shape index (κ3) is 2.24. The Hall–Kier alpha value is -1.80. The van der Waals surface area contributed by atoms with Gasteiger partial charge in [0.2, 0.25) is 0 Å². The van der Waals surface area contributed by atoms with E-state index in [0.29, 0.717) is 0 Å². The van der Waals surface area contributed by atoms with Gasteiger partial charge in [-0.15, -0.1) is 0 Å². The second kappa shape index (κ2) is 5.06. The van der Waals surface area contributed by atoms with E-state index in [-0.39, 0.29) is 6.10 Å². The maximum atomic E-state index is 5.98. The Balaban J connectivity index is 2.02. The topological polar surface area (TPSA) is 18.5 Å². The summed E-state index contributed by atoms with van der Waals surface area (Å²) in [6.07, 6.45) is 1.05. The third-order valence-electron chi connectivity index (χ3n) is 3.72. The lowest BCUT2D eigenvalue weighted by Gasteiger charge is -2.26. The molecular formula is C17H18O2. The molecule has 0 radical (unpaired) electrons. The van der Waals surface area contributed by atoms with E-state index in [4.69, 9.17) is 9.47 Å². The molecule has 0 spiro atoms. The number of rotatable bonds is 2. The lowest BCUT2D eigenvalue weighted by molar-refractivity contribution is 0.0698. The fourth-order valence-electron chi connectivity index (χ4n) is 2.73. The summed E-state index contributed by atoms with van der Waals surface area (Å²) in [5.74, 6) is 0.924. The van der Waals surface area contributed by atoms with Crippen LogP contribution in [0.2, 0.25) is 0 Å². The van der Waals surface area contributed by atoms with Crippen LogP contribution in [0, 0.1) is 6.92 Å². The third-order valence-corrected chi connectivity index (χ3v) is 3.72. The number of benzene rings is 2. The molecule has 3 rings (SSSR count). The molecule has 1 atom stereocenters. The summed E-state index contributed by atoms with van der Waals surface area (Å²) in [5.41, 5.74) is 5.03. The first-order valence-electron chi connectivity index (χ1n) is 6.63. The van der Waals surface area contributed by atoms with Crippen molar-refractivity contribution in [3.63, 3.8) is 0 Å². The molecule has 1 aliphatic heterocycles. The van der Waals surface area contributed by atoms with E-state index in [1.54, 1.807) is 7.11 Å². The molecule has 0 bridgehead atoms. The average Bonchev–Trinajstić information content (AvgIpc) is 2.46. The van der Waals surface area contributed by atoms with E-state index in [9.17, 15) is 0 Å². The van der Waals surface area contributed by atoms with Gasteiger partial charge in [0.1, 0.15) is 11.9 Å². The van der Waals surface area contributed by atoms with Gasteiger partial charge >= 0.3 is 0 Å². The molecule has 0 saturated heterocycles. The molecule has 0 aromatic heterocycles. The van der Waals surface area contributed by atoms with Gasteiger partial charge in [-0.1, -0.05) is 30.3 Å². The summed E-state index contributed by atoms with van der Waals surface area (Å²) in [4.78, 5) is 0. The molecule has 0 fully saturated rings. The number of fused-ring (bicyclic) bond motifs is 1. The Morgan fingerprint density at radius 2 is 2.00 bits per heavy atom. The monoisotopic (exact) mass is 254 g/mol. The molecule has 2 aromatic rings. The maximum absolute atomic E-state index is 5.98. The first-order chi connectivity index (χ1) is 9.29. The van der Waals surface area contributed by atoms with Crippen molar-refractivity contribution in [2.24, 2.45) is 0 Å². The van der Waals surface area contributed by atoms with Crippen LogP contribution < -0.4 is 4.74 Å². The molecule has 0 amide bonds. The highest BCUT2D eigenvalue weighted by Gasteiger charge is 2.22. The zero-order valence-corrected chi connectivity index (χ0v) is 11.3. The molecule has 0 saturated carbocycles. The van der Waals surface area contributed by atoms with Crippen molar-refractivity contribution in [2.45, 2.75) is 19.4 Å². The summed E-state index contributed by atoms with van der Waals surface area (Å²) in [5, 5.41) is 0. The molecule has 2 aromatic carbocycles. The fourth-order valence-corrected chi connectivity index (χ4v) is 2.73. The normalized spacial score (nSPS) is 17.9. The van der Waals surface area contributed by atoms with Gasteiger partial charge in [0, 0.05) is 0 Å². The van der Waals surface area contributed by atoms with Crippen LogP contribution in [0.1, 0.15) is 28.4 Å². The number of hydrogen-bond donors (Lipinski definition) is 0. The van der Waals surface area contributed by atoms with E-state index in [1.165, 1.54) is 16.7 Å². The van der Waals surface area contributed by atoms with Crippen molar-refractivity contribution in [2.75, 3.05) is 13.7 Å². The Morgan fingerprint density at radius 3 is 2.79 bits per heavy atom. The van der Waals surface area contributed by atoms with Gasteiger partial charge in [-0.2, -0.15) is 0 Å². The molecular weight excluding hydrogens is 236 g/mol. The van der Waals surface area contributed by atoms with Gasteiger partial charge in [-0.05, 0) is 47.7 Å². The summed E-state index contributed by atoms with van der Waals surface area (Å²) >= 11 is 0. The SMILES string of the molecule is COc1ccc(C2OCCc3ccccc32)cc1C. The second-order valence-electron chi connectivity index (χ2n) is 4.93. The number of aryl methyl sites for hydroxylation is 1. The van der Waals surface area contributed by atoms with Crippen LogP contribution in [0.3, 0.4) is 0 Å². The molecule has 1 heterocycles. The Kier molecular flexibility index (Phi) is 3.26. The quantitative estimate of drug-likeness (QED) is 0.814. The van der Waals surface area contributed by atoms with E-state index in [2.05, 4.69) is 43.3 Å². The molecule has 0 aliphatic carbocycles. The zero-order chi connectivity index (χ0) is 13.2. The molecule has 2 nitrogen and oxygen atoms in total. The van der Waals surface area contributed by atoms with Crippen molar-refractivity contribution in [3.8, 4) is 5.75 Å². The lowest BCUT2D eigenvalue weighted by Crippen LogP contribution is -2.17. The summed E-state index contributed by atoms with van der Waals surface area (Å²) in [6, 6.07) is 14.8. The van der Waals surface area contributed by atoms with Crippen LogP contribution in [0.4, 0.5) is 0 Å². The highest BCUT2D eigenvalue weighted by Crippen LogP contribution is 2.34. The van der Waals surface area contributed by atoms with E-state index >= 15 is 0 Å². The fraction of sp³-hybridized carbons (Fsp3) is 0.294. The summed E-state index contributed by atoms with van der Waals surface area (Å²) in [6.45, 7) is 2.85. The minimum absolute atomic E-state index is 0.0505. The van der Waals surface area contributed by atoms with Gasteiger partial charge < -0.3 is 9.47 Å². The zero-order valence-electron chi connectivity index (χ0n) is 11.3. The van der Waals surface area contributed by atoms with Crippen molar-refractivity contribution < 1.29 is 9.47 Å². The minimum Gasteiger partial charge on any atom is -0.496 e. The van der Waals surface area contributed by atoms with Gasteiger partial charge in [-0.25, -0.2) is 0 Å². The van der Waals surface area contributed by atoms with Gasteiger partial charge in [0.05, 0.1) is 13.7 Å². The number of methoxy groups -OCH3 is 1. The molecule has 98 valence electrons. The van der Waals surface area contributed by atoms with Crippen LogP contribution in [-0.4, -0.2) is 13.7 Å². The Morgan fingerprint density at radius 1 is 1.16 bits per heavy atom. The predicted octanol–water partition coefficient (Wildman–Crippen LogP) is 3.67. The lowest BCUT2D eigenvalue weighted by atomic mass is 9.92. The first-order valence-corrected chi connectivity index (χ1v) is 6.63. The van der Waals surface area contributed by atoms with Crippen molar-refractivity contribution in [1.29, 1.82) is 0 Å². The molecule has 2 heteroatoms. The van der Waals surface area contributed by atoms with Gasteiger partial charge in [0.25, 0.3) is 0 Å². The predicted molar refractivity (Wildman–Crippen MR) is 75.7 cm³/mol. The van der Waals surface area contributed by atoms with E-state index in [0.717, 1.165) is 24.3 Å². The minimum atomic E-state index is 0.0505. The summed E-state index contributed by atoms with van der Waals surface area (Å²) < 4.78 is 11.3. The largest absolute Gasteiger partial charge is 0.496 e. The van der Waals surface area contributed by atoms with Crippen LogP contribution in [0.5, 0.6) is 5.75 Å². The highest BCUT2D eigenvalue weighted by atomic mass is 16.5. The second-order valence-corrected chi connectivity index (χ2v) is 4.93. The maximum Gasteiger partial charge on any atom is 0.121 e.